The minimum absolute atomic E-state index is 0.0386. The van der Waals surface area contributed by atoms with Crippen LogP contribution in [0.4, 0.5) is 0 Å². The van der Waals surface area contributed by atoms with Crippen LogP contribution in [0, 0.1) is 0 Å². The maximum absolute atomic E-state index is 12.4. The molecule has 0 aliphatic heterocycles. The molecule has 6 nitrogen and oxygen atoms in total. The minimum atomic E-state index is -0.0842. The van der Waals surface area contributed by atoms with E-state index in [-0.39, 0.29) is 11.9 Å². The summed E-state index contributed by atoms with van der Waals surface area (Å²) in [6, 6.07) is 11.7. The number of carbonyl (C=O) groups is 1. The van der Waals surface area contributed by atoms with Gasteiger partial charge in [-0.25, -0.2) is 0 Å². The van der Waals surface area contributed by atoms with Crippen LogP contribution in [-0.4, -0.2) is 31.4 Å². The van der Waals surface area contributed by atoms with Crippen LogP contribution in [0.25, 0.3) is 11.4 Å². The molecule has 0 spiro atoms. The van der Waals surface area contributed by atoms with Gasteiger partial charge in [-0.3, -0.25) is 14.3 Å². The molecule has 0 bridgehead atoms. The molecule has 1 fully saturated rings. The average Bonchev–Trinajstić information content (AvgIpc) is 3.46. The second-order valence-electron chi connectivity index (χ2n) is 6.77. The smallest absolute Gasteiger partial charge is 0.230 e. The number of carbonyl (C=O) groups excluding carboxylic acids is 1. The highest BCUT2D eigenvalue weighted by Gasteiger charge is 2.30. The summed E-state index contributed by atoms with van der Waals surface area (Å²) in [4.78, 5) is 16.5. The van der Waals surface area contributed by atoms with Crippen molar-refractivity contribution in [2.75, 3.05) is 5.75 Å². The molecule has 4 rings (SSSR count). The van der Waals surface area contributed by atoms with Gasteiger partial charge in [-0.2, -0.15) is 0 Å². The van der Waals surface area contributed by atoms with Gasteiger partial charge < -0.3 is 5.32 Å². The van der Waals surface area contributed by atoms with Crippen LogP contribution in [0.15, 0.2) is 53.9 Å². The first-order chi connectivity index (χ1) is 13.6. The number of amides is 1. The highest BCUT2D eigenvalue weighted by molar-refractivity contribution is 7.99. The Morgan fingerprint density at radius 1 is 1.21 bits per heavy atom. The Bertz CT molecular complexity index is 956. The minimum Gasteiger partial charge on any atom is -0.349 e. The zero-order valence-corrected chi connectivity index (χ0v) is 17.0. The third-order valence-electron chi connectivity index (χ3n) is 4.59. The molecule has 0 radical (unpaired) electrons. The van der Waals surface area contributed by atoms with Crippen molar-refractivity contribution in [2.24, 2.45) is 0 Å². The van der Waals surface area contributed by atoms with Crippen LogP contribution in [0.3, 0.4) is 0 Å². The van der Waals surface area contributed by atoms with Crippen molar-refractivity contribution in [3.05, 3.63) is 59.4 Å². The third kappa shape index (κ3) is 4.36. The Hall–Kier alpha value is -2.38. The van der Waals surface area contributed by atoms with E-state index in [0.717, 1.165) is 34.9 Å². The van der Waals surface area contributed by atoms with E-state index >= 15 is 0 Å². The molecule has 0 saturated heterocycles. The van der Waals surface area contributed by atoms with Gasteiger partial charge in [0.15, 0.2) is 11.0 Å². The first-order valence-corrected chi connectivity index (χ1v) is 10.5. The number of nitrogens with one attached hydrogen (secondary N) is 1. The molecule has 8 heteroatoms. The largest absolute Gasteiger partial charge is 0.349 e. The molecule has 0 unspecified atom stereocenters. The first-order valence-electron chi connectivity index (χ1n) is 9.15. The third-order valence-corrected chi connectivity index (χ3v) is 5.79. The van der Waals surface area contributed by atoms with Crippen LogP contribution >= 0.6 is 23.4 Å². The highest BCUT2D eigenvalue weighted by Crippen LogP contribution is 2.40. The molecule has 144 valence electrons. The Labute approximate surface area is 172 Å². The predicted molar refractivity (Wildman–Crippen MR) is 110 cm³/mol. The molecule has 2 heterocycles. The molecule has 1 amide bonds. The lowest BCUT2D eigenvalue weighted by molar-refractivity contribution is -0.119. The zero-order valence-electron chi connectivity index (χ0n) is 15.4. The van der Waals surface area contributed by atoms with E-state index in [0.29, 0.717) is 16.8 Å². The summed E-state index contributed by atoms with van der Waals surface area (Å²) in [5, 5.41) is 13.2. The van der Waals surface area contributed by atoms with E-state index in [1.807, 2.05) is 43.3 Å². The molecular weight excluding hydrogens is 394 g/mol. The number of pyridine rings is 1. The number of rotatable bonds is 7. The van der Waals surface area contributed by atoms with Crippen molar-refractivity contribution in [3.8, 4) is 11.4 Å². The summed E-state index contributed by atoms with van der Waals surface area (Å²) in [5.74, 6) is 1.09. The lowest BCUT2D eigenvalue weighted by Gasteiger charge is -2.14. The molecule has 3 aromatic rings. The van der Waals surface area contributed by atoms with Crippen LogP contribution in [0.1, 0.15) is 37.4 Å². The van der Waals surface area contributed by atoms with Gasteiger partial charge in [0.05, 0.1) is 11.8 Å². The number of nitrogens with zero attached hydrogens (tertiary/aromatic N) is 4. The number of hydrogen-bond acceptors (Lipinski definition) is 5. The summed E-state index contributed by atoms with van der Waals surface area (Å²) < 4.78 is 2.15. The fraction of sp³-hybridized carbons (Fsp3) is 0.300. The van der Waals surface area contributed by atoms with E-state index in [2.05, 4.69) is 25.1 Å². The van der Waals surface area contributed by atoms with Crippen molar-refractivity contribution < 1.29 is 4.79 Å². The summed E-state index contributed by atoms with van der Waals surface area (Å²) in [7, 11) is 0. The van der Waals surface area contributed by atoms with Gasteiger partial charge in [0.25, 0.3) is 0 Å². The lowest BCUT2D eigenvalue weighted by Crippen LogP contribution is -2.28. The van der Waals surface area contributed by atoms with E-state index in [1.54, 1.807) is 12.4 Å². The molecule has 28 heavy (non-hydrogen) atoms. The van der Waals surface area contributed by atoms with Gasteiger partial charge in [0.2, 0.25) is 5.91 Å². The van der Waals surface area contributed by atoms with Gasteiger partial charge in [-0.15, -0.1) is 10.2 Å². The fourth-order valence-electron chi connectivity index (χ4n) is 2.98. The van der Waals surface area contributed by atoms with E-state index in [1.165, 1.54) is 11.8 Å². The average molecular weight is 414 g/mol. The molecule has 1 N–H and O–H groups in total. The lowest BCUT2D eigenvalue weighted by atomic mass is 10.1. The van der Waals surface area contributed by atoms with Crippen molar-refractivity contribution in [2.45, 2.75) is 37.0 Å². The summed E-state index contributed by atoms with van der Waals surface area (Å²) in [6.07, 6.45) is 5.73. The summed E-state index contributed by atoms with van der Waals surface area (Å²) in [5.41, 5.74) is 2.01. The van der Waals surface area contributed by atoms with Gasteiger partial charge in [-0.1, -0.05) is 35.5 Å². The maximum atomic E-state index is 12.4. The Balaban J connectivity index is 1.41. The number of aromatic nitrogens is 4. The number of benzene rings is 1. The van der Waals surface area contributed by atoms with Crippen molar-refractivity contribution in [1.82, 2.24) is 25.1 Å². The molecule has 1 aromatic carbocycles. The van der Waals surface area contributed by atoms with Gasteiger partial charge >= 0.3 is 0 Å². The normalized spacial score (nSPS) is 14.6. The van der Waals surface area contributed by atoms with Crippen molar-refractivity contribution in [1.29, 1.82) is 0 Å². The summed E-state index contributed by atoms with van der Waals surface area (Å²) in [6.45, 7) is 1.96. The highest BCUT2D eigenvalue weighted by atomic mass is 35.5. The van der Waals surface area contributed by atoms with E-state index in [4.69, 9.17) is 11.6 Å². The monoisotopic (exact) mass is 413 g/mol. The van der Waals surface area contributed by atoms with Gasteiger partial charge in [0, 0.05) is 29.0 Å². The van der Waals surface area contributed by atoms with Crippen LogP contribution in [0.2, 0.25) is 5.02 Å². The van der Waals surface area contributed by atoms with E-state index < -0.39 is 0 Å². The zero-order chi connectivity index (χ0) is 19.5. The topological polar surface area (TPSA) is 72.7 Å². The SMILES string of the molecule is C[C@@H](NC(=O)CSc1nnc(-c2ccncc2)n1C1CC1)c1ccc(Cl)cc1. The molecule has 1 saturated carbocycles. The van der Waals surface area contributed by atoms with Crippen molar-refractivity contribution >= 4 is 29.3 Å². The first kappa shape index (κ1) is 19.0. The number of thioether (sulfide) groups is 1. The Kier molecular flexibility index (Phi) is 5.64. The Morgan fingerprint density at radius 2 is 1.93 bits per heavy atom. The molecular formula is C20H20ClN5OS. The quantitative estimate of drug-likeness (QED) is 0.584. The second kappa shape index (κ2) is 8.32. The maximum Gasteiger partial charge on any atom is 0.230 e. The number of hydrogen-bond donors (Lipinski definition) is 1. The van der Waals surface area contributed by atoms with Gasteiger partial charge in [0.1, 0.15) is 0 Å². The molecule has 1 aliphatic rings. The Morgan fingerprint density at radius 3 is 2.61 bits per heavy atom. The fourth-order valence-corrected chi connectivity index (χ4v) is 3.93. The van der Waals surface area contributed by atoms with Gasteiger partial charge in [-0.05, 0) is 49.6 Å². The number of halogens is 1. The standard InChI is InChI=1S/C20H20ClN5OS/c1-13(14-2-4-16(21)5-3-14)23-18(27)12-28-20-25-24-19(26(20)17-6-7-17)15-8-10-22-11-9-15/h2-5,8-11,13,17H,6-7,12H2,1H3,(H,23,27)/t13-/m1/s1. The predicted octanol–water partition coefficient (Wildman–Crippen LogP) is 4.30. The van der Waals surface area contributed by atoms with Crippen LogP contribution < -0.4 is 5.32 Å². The molecule has 1 atom stereocenters. The van der Waals surface area contributed by atoms with Crippen molar-refractivity contribution in [3.63, 3.8) is 0 Å². The molecule has 2 aromatic heterocycles. The van der Waals surface area contributed by atoms with E-state index in [9.17, 15) is 4.79 Å². The molecule has 1 aliphatic carbocycles. The summed E-state index contributed by atoms with van der Waals surface area (Å²) >= 11 is 7.34. The van der Waals surface area contributed by atoms with Crippen LogP contribution in [-0.2, 0) is 4.79 Å². The van der Waals surface area contributed by atoms with Crippen LogP contribution in [0.5, 0.6) is 0 Å². The second-order valence-corrected chi connectivity index (χ2v) is 8.15.